The van der Waals surface area contributed by atoms with E-state index in [1.165, 1.54) is 17.1 Å². The molecule has 1 aromatic heterocycles. The fourth-order valence-electron chi connectivity index (χ4n) is 3.62. The maximum atomic E-state index is 13.6. The quantitative estimate of drug-likeness (QED) is 0.233. The van der Waals surface area contributed by atoms with Gasteiger partial charge in [-0.3, -0.25) is 4.79 Å². The molecule has 0 N–H and O–H groups in total. The summed E-state index contributed by atoms with van der Waals surface area (Å²) in [6, 6.07) is 21.1. The van der Waals surface area contributed by atoms with E-state index in [-0.39, 0.29) is 15.7 Å². The molecular formula is C26H13Cl5N2O2. The Hall–Kier alpha value is -2.73. The number of hydrogen-bond donors (Lipinski definition) is 0. The molecule has 0 unspecified atom stereocenters. The lowest BCUT2D eigenvalue weighted by atomic mass is 10.0. The second kappa shape index (κ2) is 9.73. The number of hydrogen-bond acceptors (Lipinski definition) is 3. The highest BCUT2D eigenvalue weighted by molar-refractivity contribution is 6.45. The molecule has 0 spiro atoms. The van der Waals surface area contributed by atoms with Crippen molar-refractivity contribution in [1.82, 2.24) is 0 Å². The van der Waals surface area contributed by atoms with Crippen LogP contribution < -0.4 is 5.01 Å². The molecule has 1 aliphatic rings. The van der Waals surface area contributed by atoms with Crippen LogP contribution in [0.3, 0.4) is 0 Å². The average molecular weight is 563 g/mol. The number of carbonyl (C=O) groups is 1. The van der Waals surface area contributed by atoms with Gasteiger partial charge in [0, 0.05) is 16.1 Å². The number of benzene rings is 3. The summed E-state index contributed by atoms with van der Waals surface area (Å²) in [7, 11) is 0. The number of halogens is 5. The van der Waals surface area contributed by atoms with Gasteiger partial charge in [-0.1, -0.05) is 88.3 Å². The number of hydrazone groups is 1. The maximum Gasteiger partial charge on any atom is 0.281 e. The van der Waals surface area contributed by atoms with Crippen LogP contribution in [0.5, 0.6) is 0 Å². The van der Waals surface area contributed by atoms with E-state index < -0.39 is 5.91 Å². The lowest BCUT2D eigenvalue weighted by Crippen LogP contribution is -2.22. The van der Waals surface area contributed by atoms with Gasteiger partial charge in [-0.05, 0) is 48.5 Å². The highest BCUT2D eigenvalue weighted by atomic mass is 35.5. The number of rotatable bonds is 4. The smallest absolute Gasteiger partial charge is 0.281 e. The number of anilines is 1. The summed E-state index contributed by atoms with van der Waals surface area (Å²) < 4.78 is 5.99. The minimum atomic E-state index is -0.414. The summed E-state index contributed by atoms with van der Waals surface area (Å²) in [4.78, 5) is 13.6. The third-order valence-electron chi connectivity index (χ3n) is 5.24. The summed E-state index contributed by atoms with van der Waals surface area (Å²) in [5, 5.41) is 7.37. The third kappa shape index (κ3) is 4.73. The second-order valence-electron chi connectivity index (χ2n) is 7.54. The molecule has 9 heteroatoms. The van der Waals surface area contributed by atoms with Crippen LogP contribution in [-0.2, 0) is 4.79 Å². The molecule has 0 saturated heterocycles. The SMILES string of the molecule is O=C1/C(=C\c2ccc(-c3ccc(Cl)c(Cl)c3)o2)C(c2ccccc2)=NN1c1c(Cl)cc(Cl)cc1Cl. The van der Waals surface area contributed by atoms with Crippen molar-refractivity contribution in [2.75, 3.05) is 5.01 Å². The van der Waals surface area contributed by atoms with Crippen LogP contribution in [-0.4, -0.2) is 11.6 Å². The molecule has 0 bridgehead atoms. The number of carbonyl (C=O) groups excluding carboxylic acids is 1. The van der Waals surface area contributed by atoms with E-state index >= 15 is 0 Å². The van der Waals surface area contributed by atoms with Crippen LogP contribution in [0.15, 0.2) is 87.9 Å². The van der Waals surface area contributed by atoms with E-state index in [0.29, 0.717) is 37.9 Å². The zero-order chi connectivity index (χ0) is 24.7. The predicted molar refractivity (Wildman–Crippen MR) is 144 cm³/mol. The number of nitrogens with zero attached hydrogens (tertiary/aromatic N) is 2. The lowest BCUT2D eigenvalue weighted by molar-refractivity contribution is -0.114. The van der Waals surface area contributed by atoms with Crippen molar-refractivity contribution in [3.8, 4) is 11.3 Å². The number of furan rings is 1. The fourth-order valence-corrected chi connectivity index (χ4v) is 4.89. The molecule has 174 valence electrons. The second-order valence-corrected chi connectivity index (χ2v) is 9.60. The summed E-state index contributed by atoms with van der Waals surface area (Å²) in [5.74, 6) is 0.607. The Kier molecular flexibility index (Phi) is 6.67. The summed E-state index contributed by atoms with van der Waals surface area (Å²) >= 11 is 31.0. The average Bonchev–Trinajstić information content (AvgIpc) is 3.42. The van der Waals surface area contributed by atoms with E-state index in [9.17, 15) is 4.79 Å². The van der Waals surface area contributed by atoms with E-state index in [4.69, 9.17) is 62.4 Å². The van der Waals surface area contributed by atoms with Crippen LogP contribution in [0.25, 0.3) is 17.4 Å². The van der Waals surface area contributed by atoms with Crippen molar-refractivity contribution in [2.24, 2.45) is 5.10 Å². The Morgan fingerprint density at radius 1 is 0.743 bits per heavy atom. The molecule has 3 aromatic carbocycles. The molecule has 4 aromatic rings. The first kappa shape index (κ1) is 24.0. The van der Waals surface area contributed by atoms with Gasteiger partial charge in [0.15, 0.2) is 0 Å². The molecule has 0 saturated carbocycles. The molecule has 5 rings (SSSR count). The molecule has 0 fully saturated rings. The van der Waals surface area contributed by atoms with Gasteiger partial charge in [0.1, 0.15) is 22.9 Å². The zero-order valence-corrected chi connectivity index (χ0v) is 21.4. The summed E-state index contributed by atoms with van der Waals surface area (Å²) in [6.07, 6.45) is 1.63. The van der Waals surface area contributed by atoms with E-state index in [0.717, 1.165) is 11.1 Å². The van der Waals surface area contributed by atoms with Crippen molar-refractivity contribution in [2.45, 2.75) is 0 Å². The Morgan fingerprint density at radius 2 is 1.46 bits per heavy atom. The van der Waals surface area contributed by atoms with Crippen LogP contribution >= 0.6 is 58.0 Å². The van der Waals surface area contributed by atoms with Gasteiger partial charge in [0.25, 0.3) is 5.91 Å². The molecule has 1 amide bonds. The Labute approximate surface area is 225 Å². The lowest BCUT2D eigenvalue weighted by Gasteiger charge is -2.15. The minimum Gasteiger partial charge on any atom is -0.457 e. The van der Waals surface area contributed by atoms with Gasteiger partial charge < -0.3 is 4.42 Å². The topological polar surface area (TPSA) is 45.8 Å². The van der Waals surface area contributed by atoms with Gasteiger partial charge in [-0.15, -0.1) is 0 Å². The van der Waals surface area contributed by atoms with Crippen LogP contribution in [0, 0.1) is 0 Å². The van der Waals surface area contributed by atoms with Crippen molar-refractivity contribution in [1.29, 1.82) is 0 Å². The van der Waals surface area contributed by atoms with Crippen LogP contribution in [0.2, 0.25) is 25.1 Å². The fraction of sp³-hybridized carbons (Fsp3) is 0. The van der Waals surface area contributed by atoms with E-state index in [1.807, 2.05) is 30.3 Å². The van der Waals surface area contributed by atoms with Crippen molar-refractivity contribution < 1.29 is 9.21 Å². The Morgan fingerprint density at radius 3 is 2.14 bits per heavy atom. The first-order valence-corrected chi connectivity index (χ1v) is 12.1. The van der Waals surface area contributed by atoms with Gasteiger partial charge in [0.05, 0.1) is 25.7 Å². The largest absolute Gasteiger partial charge is 0.457 e. The maximum absolute atomic E-state index is 13.6. The van der Waals surface area contributed by atoms with Gasteiger partial charge in [-0.25, -0.2) is 0 Å². The van der Waals surface area contributed by atoms with Crippen molar-refractivity contribution in [3.05, 3.63) is 115 Å². The molecule has 1 aliphatic heterocycles. The Balaban J connectivity index is 1.59. The summed E-state index contributed by atoms with van der Waals surface area (Å²) in [6.45, 7) is 0. The highest BCUT2D eigenvalue weighted by Crippen LogP contribution is 2.40. The summed E-state index contributed by atoms with van der Waals surface area (Å²) in [5.41, 5.74) is 2.50. The third-order valence-corrected chi connectivity index (χ3v) is 6.77. The van der Waals surface area contributed by atoms with Gasteiger partial charge >= 0.3 is 0 Å². The molecule has 0 atom stereocenters. The highest BCUT2D eigenvalue weighted by Gasteiger charge is 2.34. The standard InChI is InChI=1S/C26H13Cl5N2O2/c27-16-11-21(30)25(22(31)12-16)33-26(34)18(24(32-33)14-4-2-1-3-5-14)13-17-7-9-23(35-17)15-6-8-19(28)20(29)10-15/h1-13H/b18-13-. The van der Waals surface area contributed by atoms with Crippen molar-refractivity contribution in [3.63, 3.8) is 0 Å². The van der Waals surface area contributed by atoms with E-state index in [2.05, 4.69) is 5.10 Å². The Bertz CT molecular complexity index is 1500. The van der Waals surface area contributed by atoms with Crippen LogP contribution in [0.4, 0.5) is 5.69 Å². The van der Waals surface area contributed by atoms with Gasteiger partial charge in [-0.2, -0.15) is 10.1 Å². The first-order chi connectivity index (χ1) is 16.8. The molecule has 4 nitrogen and oxygen atoms in total. The molecule has 0 aliphatic carbocycles. The monoisotopic (exact) mass is 560 g/mol. The molecule has 2 heterocycles. The minimum absolute atomic E-state index is 0.202. The number of amides is 1. The molecular weight excluding hydrogens is 550 g/mol. The molecule has 35 heavy (non-hydrogen) atoms. The van der Waals surface area contributed by atoms with Crippen molar-refractivity contribution >= 4 is 81.4 Å². The first-order valence-electron chi connectivity index (χ1n) is 10.2. The normalized spacial score (nSPS) is 14.7. The molecule has 0 radical (unpaired) electrons. The predicted octanol–water partition coefficient (Wildman–Crippen LogP) is 9.05. The van der Waals surface area contributed by atoms with Gasteiger partial charge in [0.2, 0.25) is 0 Å². The zero-order valence-electron chi connectivity index (χ0n) is 17.6. The van der Waals surface area contributed by atoms with Crippen LogP contribution in [0.1, 0.15) is 11.3 Å². The van der Waals surface area contributed by atoms with E-state index in [1.54, 1.807) is 36.4 Å².